The third-order valence-corrected chi connectivity index (χ3v) is 7.67. The van der Waals surface area contributed by atoms with Gasteiger partial charge in [0.05, 0.1) is 16.1 Å². The van der Waals surface area contributed by atoms with Gasteiger partial charge in [0.15, 0.2) is 0 Å². The molecule has 1 fully saturated rings. The Bertz CT molecular complexity index is 1310. The molecule has 174 valence electrons. The molecular formula is C25H25N5O3S. The summed E-state index contributed by atoms with van der Waals surface area (Å²) >= 11 is 0. The Hall–Kier alpha value is -3.90. The smallest absolute Gasteiger partial charge is 0.264 e. The highest BCUT2D eigenvalue weighted by Crippen LogP contribution is 2.25. The molecule has 9 heteroatoms. The zero-order valence-electron chi connectivity index (χ0n) is 18.8. The van der Waals surface area contributed by atoms with Crippen molar-refractivity contribution >= 4 is 27.4 Å². The molecule has 0 bridgehead atoms. The number of rotatable bonds is 6. The molecule has 1 aliphatic rings. The molecule has 34 heavy (non-hydrogen) atoms. The molecule has 0 N–H and O–H groups in total. The average molecular weight is 476 g/mol. The second-order valence-corrected chi connectivity index (χ2v) is 9.66. The third-order valence-electron chi connectivity index (χ3n) is 5.77. The quantitative estimate of drug-likeness (QED) is 0.543. The number of nitriles is 1. The van der Waals surface area contributed by atoms with E-state index in [9.17, 15) is 18.5 Å². The van der Waals surface area contributed by atoms with Crippen molar-refractivity contribution in [3.05, 3.63) is 84.1 Å². The first-order chi connectivity index (χ1) is 16.5. The molecule has 0 spiro atoms. The minimum atomic E-state index is -3.83. The number of benzene rings is 2. The Balaban J connectivity index is 1.51. The summed E-state index contributed by atoms with van der Waals surface area (Å²) in [5, 5.41) is 9.33. The summed E-state index contributed by atoms with van der Waals surface area (Å²) in [5.41, 5.74) is 1.40. The summed E-state index contributed by atoms with van der Waals surface area (Å²) in [5.74, 6) is 0.395. The van der Waals surface area contributed by atoms with Crippen molar-refractivity contribution in [1.29, 1.82) is 5.26 Å². The van der Waals surface area contributed by atoms with Crippen LogP contribution in [0.2, 0.25) is 0 Å². The maximum absolute atomic E-state index is 13.3. The van der Waals surface area contributed by atoms with E-state index >= 15 is 0 Å². The largest absolute Gasteiger partial charge is 0.352 e. The lowest BCUT2D eigenvalue weighted by atomic mass is 10.1. The van der Waals surface area contributed by atoms with Crippen molar-refractivity contribution in [2.24, 2.45) is 0 Å². The molecular weight excluding hydrogens is 450 g/mol. The van der Waals surface area contributed by atoms with E-state index in [2.05, 4.69) is 11.1 Å². The number of amides is 1. The zero-order valence-corrected chi connectivity index (χ0v) is 19.6. The molecule has 1 aliphatic heterocycles. The van der Waals surface area contributed by atoms with E-state index in [0.717, 1.165) is 0 Å². The molecule has 1 amide bonds. The minimum absolute atomic E-state index is 0.0786. The second-order valence-electron chi connectivity index (χ2n) is 7.80. The summed E-state index contributed by atoms with van der Waals surface area (Å²) in [6.45, 7) is 4.01. The fourth-order valence-electron chi connectivity index (χ4n) is 4.04. The predicted octanol–water partition coefficient (Wildman–Crippen LogP) is 3.13. The van der Waals surface area contributed by atoms with Crippen LogP contribution >= 0.6 is 0 Å². The van der Waals surface area contributed by atoms with Crippen molar-refractivity contribution in [3.8, 4) is 6.07 Å². The first-order valence-corrected chi connectivity index (χ1v) is 12.5. The van der Waals surface area contributed by atoms with Crippen LogP contribution in [0.3, 0.4) is 0 Å². The van der Waals surface area contributed by atoms with Crippen LogP contribution in [-0.2, 0) is 10.0 Å². The number of para-hydroxylation sites is 1. The number of aromatic nitrogens is 1. The lowest BCUT2D eigenvalue weighted by molar-refractivity contribution is 0.0746. The Morgan fingerprint density at radius 2 is 1.76 bits per heavy atom. The van der Waals surface area contributed by atoms with E-state index in [1.807, 2.05) is 11.0 Å². The molecule has 2 aromatic carbocycles. The second kappa shape index (κ2) is 9.93. The number of hydrogen-bond acceptors (Lipinski definition) is 6. The van der Waals surface area contributed by atoms with Crippen LogP contribution in [-0.4, -0.2) is 56.9 Å². The number of anilines is 2. The van der Waals surface area contributed by atoms with E-state index in [-0.39, 0.29) is 17.3 Å². The Morgan fingerprint density at radius 1 is 1.03 bits per heavy atom. The molecule has 4 rings (SSSR count). The predicted molar refractivity (Wildman–Crippen MR) is 130 cm³/mol. The highest BCUT2D eigenvalue weighted by molar-refractivity contribution is 7.92. The molecule has 0 saturated carbocycles. The number of nitrogens with zero attached hydrogens (tertiary/aromatic N) is 5. The normalized spacial score (nSPS) is 13.9. The molecule has 1 aromatic heterocycles. The standard InChI is InChI=1S/C25H25N5O3S/c1-2-30(22-10-4-3-5-11-22)34(32,33)23-12-6-8-20(18-23)25(31)29-16-14-28(15-17-29)24-21(19-26)9-7-13-27-24/h3-13,18H,2,14-17H2,1H3. The van der Waals surface area contributed by atoms with Gasteiger partial charge in [-0.15, -0.1) is 0 Å². The van der Waals surface area contributed by atoms with Gasteiger partial charge in [0, 0.05) is 44.5 Å². The maximum atomic E-state index is 13.3. The summed E-state index contributed by atoms with van der Waals surface area (Å²) in [6, 6.07) is 20.7. The van der Waals surface area contributed by atoms with Crippen molar-refractivity contribution in [1.82, 2.24) is 9.88 Å². The Labute approximate surface area is 199 Å². The molecule has 8 nitrogen and oxygen atoms in total. The zero-order chi connectivity index (χ0) is 24.1. The Morgan fingerprint density at radius 3 is 2.44 bits per heavy atom. The van der Waals surface area contributed by atoms with Crippen LogP contribution in [0.5, 0.6) is 0 Å². The van der Waals surface area contributed by atoms with E-state index in [4.69, 9.17) is 0 Å². The molecule has 0 atom stereocenters. The number of hydrogen-bond donors (Lipinski definition) is 0. The van der Waals surface area contributed by atoms with E-state index in [1.165, 1.54) is 16.4 Å². The van der Waals surface area contributed by atoms with Gasteiger partial charge in [0.25, 0.3) is 15.9 Å². The van der Waals surface area contributed by atoms with E-state index in [1.54, 1.807) is 66.6 Å². The summed E-state index contributed by atoms with van der Waals surface area (Å²) in [7, 11) is -3.83. The summed E-state index contributed by atoms with van der Waals surface area (Å²) < 4.78 is 28.0. The SMILES string of the molecule is CCN(c1ccccc1)S(=O)(=O)c1cccc(C(=O)N2CCN(c3ncccc3C#N)CC2)c1. The van der Waals surface area contributed by atoms with Crippen LogP contribution < -0.4 is 9.21 Å². The molecule has 0 unspecified atom stereocenters. The first-order valence-electron chi connectivity index (χ1n) is 11.0. The van der Waals surface area contributed by atoms with Crippen LogP contribution in [0.15, 0.2) is 77.8 Å². The van der Waals surface area contributed by atoms with Gasteiger partial charge in [0.2, 0.25) is 0 Å². The molecule has 3 aromatic rings. The van der Waals surface area contributed by atoms with Crippen LogP contribution in [0, 0.1) is 11.3 Å². The topological polar surface area (TPSA) is 97.6 Å². The van der Waals surface area contributed by atoms with Crippen molar-refractivity contribution in [2.75, 3.05) is 41.9 Å². The van der Waals surface area contributed by atoms with Crippen molar-refractivity contribution < 1.29 is 13.2 Å². The van der Waals surface area contributed by atoms with Gasteiger partial charge >= 0.3 is 0 Å². The van der Waals surface area contributed by atoms with Crippen molar-refractivity contribution in [3.63, 3.8) is 0 Å². The fraction of sp³-hybridized carbons (Fsp3) is 0.240. The van der Waals surface area contributed by atoms with Gasteiger partial charge in [-0.1, -0.05) is 24.3 Å². The molecule has 0 radical (unpaired) electrons. The van der Waals surface area contributed by atoms with Gasteiger partial charge in [-0.05, 0) is 49.4 Å². The number of carbonyl (C=O) groups excluding carboxylic acids is 1. The number of carbonyl (C=O) groups is 1. The van der Waals surface area contributed by atoms with Gasteiger partial charge < -0.3 is 9.80 Å². The van der Waals surface area contributed by atoms with Crippen LogP contribution in [0.4, 0.5) is 11.5 Å². The average Bonchev–Trinajstić information content (AvgIpc) is 2.89. The molecule has 1 saturated heterocycles. The highest BCUT2D eigenvalue weighted by Gasteiger charge is 2.27. The van der Waals surface area contributed by atoms with Crippen LogP contribution in [0.25, 0.3) is 0 Å². The van der Waals surface area contributed by atoms with E-state index in [0.29, 0.717) is 48.8 Å². The van der Waals surface area contributed by atoms with Gasteiger partial charge in [-0.2, -0.15) is 5.26 Å². The van der Waals surface area contributed by atoms with E-state index < -0.39 is 10.0 Å². The monoisotopic (exact) mass is 475 g/mol. The number of pyridine rings is 1. The first kappa shape index (κ1) is 23.3. The summed E-state index contributed by atoms with van der Waals surface area (Å²) in [4.78, 5) is 21.3. The minimum Gasteiger partial charge on any atom is -0.352 e. The van der Waals surface area contributed by atoms with Gasteiger partial charge in [0.1, 0.15) is 11.9 Å². The highest BCUT2D eigenvalue weighted by atomic mass is 32.2. The van der Waals surface area contributed by atoms with Gasteiger partial charge in [-0.25, -0.2) is 13.4 Å². The van der Waals surface area contributed by atoms with Crippen molar-refractivity contribution in [2.45, 2.75) is 11.8 Å². The third kappa shape index (κ3) is 4.58. The molecule has 0 aliphatic carbocycles. The summed E-state index contributed by atoms with van der Waals surface area (Å²) in [6.07, 6.45) is 1.65. The molecule has 2 heterocycles. The Kier molecular flexibility index (Phi) is 6.80. The van der Waals surface area contributed by atoms with Crippen LogP contribution in [0.1, 0.15) is 22.8 Å². The van der Waals surface area contributed by atoms with Gasteiger partial charge in [-0.3, -0.25) is 9.10 Å². The lowest BCUT2D eigenvalue weighted by Gasteiger charge is -2.35. The number of piperazine rings is 1. The maximum Gasteiger partial charge on any atom is 0.264 e. The number of sulfonamides is 1. The lowest BCUT2D eigenvalue weighted by Crippen LogP contribution is -2.49. The fourth-order valence-corrected chi connectivity index (χ4v) is 5.56.